The van der Waals surface area contributed by atoms with Crippen molar-refractivity contribution < 1.29 is 9.13 Å². The van der Waals surface area contributed by atoms with Crippen LogP contribution in [0.1, 0.15) is 5.56 Å². The number of halogens is 2. The Morgan fingerprint density at radius 2 is 1.16 bits per heavy atom. The van der Waals surface area contributed by atoms with E-state index in [2.05, 4.69) is 108 Å². The summed E-state index contributed by atoms with van der Waals surface area (Å²) in [7, 11) is -2.02. The summed E-state index contributed by atoms with van der Waals surface area (Å²) in [6.45, 7) is 0.702. The van der Waals surface area contributed by atoms with Crippen LogP contribution in [-0.4, -0.2) is 11.0 Å². The number of hydrogen-bond acceptors (Lipinski definition) is 1. The first-order chi connectivity index (χ1) is 15.2. The van der Waals surface area contributed by atoms with Crippen LogP contribution in [0.3, 0.4) is 0 Å². The number of hydrogen-bond donors (Lipinski definition) is 0. The Balaban J connectivity index is 1.90. The maximum Gasteiger partial charge on any atom is 0.123 e. The third-order valence-corrected chi connectivity index (χ3v) is 10.2. The second kappa shape index (κ2) is 10.4. The molecule has 0 amide bonds. The topological polar surface area (TPSA) is 9.23 Å². The Morgan fingerprint density at radius 3 is 1.68 bits per heavy atom. The van der Waals surface area contributed by atoms with Gasteiger partial charge in [-0.2, -0.15) is 0 Å². The van der Waals surface area contributed by atoms with E-state index in [1.54, 1.807) is 12.1 Å². The van der Waals surface area contributed by atoms with Gasteiger partial charge in [0, 0.05) is 4.43 Å². The minimum atomic E-state index is -2.02. The summed E-state index contributed by atoms with van der Waals surface area (Å²) < 4.78 is 20.4. The van der Waals surface area contributed by atoms with E-state index in [-0.39, 0.29) is 5.82 Å². The van der Waals surface area contributed by atoms with Gasteiger partial charge in [-0.05, 0) is 66.2 Å². The van der Waals surface area contributed by atoms with Gasteiger partial charge in [-0.3, -0.25) is 0 Å². The fourth-order valence-corrected chi connectivity index (χ4v) is 8.34. The van der Waals surface area contributed by atoms with Crippen molar-refractivity contribution in [3.05, 3.63) is 121 Å². The van der Waals surface area contributed by atoms with Crippen molar-refractivity contribution in [2.75, 3.05) is 11.0 Å². The lowest BCUT2D eigenvalue weighted by Crippen LogP contribution is -2.32. The lowest BCUT2D eigenvalue weighted by molar-refractivity contribution is 0.346. The van der Waals surface area contributed by atoms with Gasteiger partial charge in [-0.1, -0.05) is 71.1 Å². The van der Waals surface area contributed by atoms with E-state index in [0.29, 0.717) is 6.61 Å². The Labute approximate surface area is 197 Å². The summed E-state index contributed by atoms with van der Waals surface area (Å²) in [6, 6.07) is 37.0. The molecule has 0 N–H and O–H groups in total. The van der Waals surface area contributed by atoms with Gasteiger partial charge in [0.2, 0.25) is 0 Å². The fourth-order valence-electron chi connectivity index (χ4n) is 3.90. The van der Waals surface area contributed by atoms with Crippen LogP contribution in [0.5, 0.6) is 5.75 Å². The van der Waals surface area contributed by atoms with Gasteiger partial charge in [0.05, 0.1) is 12.8 Å². The molecule has 0 bridgehead atoms. The maximum atomic E-state index is 13.6. The molecule has 0 heterocycles. The highest BCUT2D eigenvalue weighted by atomic mass is 127. The van der Waals surface area contributed by atoms with Crippen LogP contribution in [0.4, 0.5) is 4.39 Å². The van der Waals surface area contributed by atoms with Crippen LogP contribution in [0, 0.1) is 5.82 Å². The van der Waals surface area contributed by atoms with Crippen LogP contribution in [0.15, 0.2) is 109 Å². The first kappa shape index (κ1) is 22.0. The number of ether oxygens (including phenoxy) is 1. The molecule has 0 fully saturated rings. The van der Waals surface area contributed by atoms with E-state index < -0.39 is 7.26 Å². The lowest BCUT2D eigenvalue weighted by atomic mass is 10.2. The highest BCUT2D eigenvalue weighted by Gasteiger charge is 2.45. The highest BCUT2D eigenvalue weighted by molar-refractivity contribution is 14.1. The van der Waals surface area contributed by atoms with Gasteiger partial charge in [-0.15, -0.1) is 0 Å². The zero-order chi connectivity index (χ0) is 21.5. The first-order valence-electron chi connectivity index (χ1n) is 10.3. The SMILES string of the molecule is Fc1ccc(C[P+](c2ccccc2)(c2ccccc2)c2ccc(OCCI)cc2)cc1. The van der Waals surface area contributed by atoms with Gasteiger partial charge in [0.1, 0.15) is 34.7 Å². The summed E-state index contributed by atoms with van der Waals surface area (Å²) in [5.41, 5.74) is 1.13. The minimum absolute atomic E-state index is 0.205. The Bertz CT molecular complexity index is 1040. The van der Waals surface area contributed by atoms with Gasteiger partial charge < -0.3 is 4.74 Å². The van der Waals surface area contributed by atoms with E-state index in [9.17, 15) is 4.39 Å². The van der Waals surface area contributed by atoms with Crippen LogP contribution in [0.25, 0.3) is 0 Å². The largest absolute Gasteiger partial charge is 0.493 e. The van der Waals surface area contributed by atoms with E-state index in [0.717, 1.165) is 21.9 Å². The van der Waals surface area contributed by atoms with E-state index >= 15 is 0 Å². The third-order valence-electron chi connectivity index (χ3n) is 5.35. The van der Waals surface area contributed by atoms with Gasteiger partial charge in [0.15, 0.2) is 0 Å². The standard InChI is InChI=1S/C27H24FIOP/c28-23-13-11-22(12-14-23)21-31(25-7-3-1-4-8-25,26-9-5-2-6-10-26)27-17-15-24(16-18-27)30-20-19-29/h1-18H,19-21H2/q+1. The monoisotopic (exact) mass is 541 g/mol. The third kappa shape index (κ3) is 4.99. The van der Waals surface area contributed by atoms with Crippen molar-refractivity contribution >= 4 is 45.8 Å². The molecule has 1 nitrogen and oxygen atoms in total. The average Bonchev–Trinajstić information content (AvgIpc) is 2.84. The molecule has 0 saturated heterocycles. The Hall–Kier alpha value is -2.23. The van der Waals surface area contributed by atoms with Crippen molar-refractivity contribution in [3.63, 3.8) is 0 Å². The quantitative estimate of drug-likeness (QED) is 0.148. The lowest BCUT2D eigenvalue weighted by Gasteiger charge is -2.28. The molecule has 156 valence electrons. The molecule has 0 spiro atoms. The summed E-state index contributed by atoms with van der Waals surface area (Å²) in [5.74, 6) is 0.685. The second-order valence-electron chi connectivity index (χ2n) is 7.30. The zero-order valence-corrected chi connectivity index (χ0v) is 20.2. The van der Waals surface area contributed by atoms with E-state index in [4.69, 9.17) is 4.74 Å². The molecule has 4 aromatic rings. The molecule has 0 unspecified atom stereocenters. The van der Waals surface area contributed by atoms with Crippen molar-refractivity contribution in [2.45, 2.75) is 6.16 Å². The molecule has 0 aliphatic heterocycles. The predicted octanol–water partition coefficient (Wildman–Crippen LogP) is 6.13. The minimum Gasteiger partial charge on any atom is -0.493 e. The van der Waals surface area contributed by atoms with Crippen molar-refractivity contribution in [3.8, 4) is 5.75 Å². The van der Waals surface area contributed by atoms with E-state index in [1.807, 2.05) is 12.1 Å². The zero-order valence-electron chi connectivity index (χ0n) is 17.1. The van der Waals surface area contributed by atoms with Crippen LogP contribution in [-0.2, 0) is 6.16 Å². The van der Waals surface area contributed by atoms with Crippen LogP contribution in [0.2, 0.25) is 0 Å². The molecular formula is C27H24FIOP+. The number of alkyl halides is 1. The predicted molar refractivity (Wildman–Crippen MR) is 140 cm³/mol. The smallest absolute Gasteiger partial charge is 0.123 e. The van der Waals surface area contributed by atoms with Gasteiger partial charge >= 0.3 is 0 Å². The van der Waals surface area contributed by atoms with Crippen molar-refractivity contribution in [1.82, 2.24) is 0 Å². The molecule has 0 atom stereocenters. The molecule has 0 saturated carbocycles. The summed E-state index contributed by atoms with van der Waals surface area (Å²) >= 11 is 2.32. The molecule has 4 heteroatoms. The fraction of sp³-hybridized carbons (Fsp3) is 0.111. The maximum absolute atomic E-state index is 13.6. The average molecular weight is 541 g/mol. The Kier molecular flexibility index (Phi) is 7.37. The normalized spacial score (nSPS) is 11.3. The van der Waals surface area contributed by atoms with Gasteiger partial charge in [-0.25, -0.2) is 4.39 Å². The molecule has 0 aliphatic rings. The van der Waals surface area contributed by atoms with Crippen molar-refractivity contribution in [2.24, 2.45) is 0 Å². The molecule has 4 aromatic carbocycles. The molecule has 0 radical (unpaired) electrons. The highest BCUT2D eigenvalue weighted by Crippen LogP contribution is 2.58. The molecule has 0 aliphatic carbocycles. The Morgan fingerprint density at radius 1 is 0.645 bits per heavy atom. The molecule has 4 rings (SSSR count). The first-order valence-corrected chi connectivity index (χ1v) is 13.8. The second-order valence-corrected chi connectivity index (χ2v) is 11.9. The summed E-state index contributed by atoms with van der Waals surface area (Å²) in [5, 5.41) is 3.91. The number of benzene rings is 4. The van der Waals surface area contributed by atoms with Crippen LogP contribution < -0.4 is 20.7 Å². The summed E-state index contributed by atoms with van der Waals surface area (Å²) in [4.78, 5) is 0. The van der Waals surface area contributed by atoms with Gasteiger partial charge in [0.25, 0.3) is 0 Å². The number of rotatable bonds is 8. The van der Waals surface area contributed by atoms with Crippen molar-refractivity contribution in [1.29, 1.82) is 0 Å². The summed E-state index contributed by atoms with van der Waals surface area (Å²) in [6.07, 6.45) is 0.829. The van der Waals surface area contributed by atoms with Crippen LogP contribution >= 0.6 is 29.9 Å². The molecule has 31 heavy (non-hydrogen) atoms. The molecular weight excluding hydrogens is 517 g/mol. The van der Waals surface area contributed by atoms with E-state index in [1.165, 1.54) is 15.9 Å². The molecule has 0 aromatic heterocycles.